The molecule has 0 amide bonds. The minimum absolute atomic E-state index is 0.0212. The van der Waals surface area contributed by atoms with E-state index in [-0.39, 0.29) is 11.8 Å². The third-order valence-corrected chi connectivity index (χ3v) is 5.91. The van der Waals surface area contributed by atoms with Crippen molar-refractivity contribution in [3.05, 3.63) is 51.7 Å². The molecule has 0 aliphatic carbocycles. The van der Waals surface area contributed by atoms with Gasteiger partial charge in [0.05, 0.1) is 29.0 Å². The van der Waals surface area contributed by atoms with Crippen LogP contribution in [0.15, 0.2) is 33.8 Å². The number of hydrogen-bond donors (Lipinski definition) is 0. The van der Waals surface area contributed by atoms with Gasteiger partial charge in [-0.15, -0.1) is 10.2 Å². The Morgan fingerprint density at radius 1 is 1.28 bits per heavy atom. The van der Waals surface area contributed by atoms with Crippen molar-refractivity contribution in [3.8, 4) is 11.5 Å². The standard InChI is InChI=1S/C19H21N5O4S/c1-12-13(2)23(10-16-4-3-9-27-16)19(20-12)29-11-17-21-22-18(28-17)14-5-7-15(8-6-14)24(25)26/h5-8,16H,3-4,9-11H2,1-2H3. The van der Waals surface area contributed by atoms with E-state index in [1.165, 1.54) is 12.1 Å². The first-order valence-electron chi connectivity index (χ1n) is 9.36. The molecular formula is C19H21N5O4S. The van der Waals surface area contributed by atoms with Crippen LogP contribution in [0.1, 0.15) is 30.1 Å². The molecule has 1 saturated heterocycles. The van der Waals surface area contributed by atoms with E-state index in [1.54, 1.807) is 23.9 Å². The van der Waals surface area contributed by atoms with Crippen molar-refractivity contribution in [2.75, 3.05) is 6.61 Å². The molecule has 0 saturated carbocycles. The summed E-state index contributed by atoms with van der Waals surface area (Å²) in [6.07, 6.45) is 2.41. The van der Waals surface area contributed by atoms with Crippen LogP contribution < -0.4 is 0 Å². The SMILES string of the molecule is Cc1nc(SCc2nnc(-c3ccc([N+](=O)[O-])cc3)o2)n(CC2CCCO2)c1C. The summed E-state index contributed by atoms with van der Waals surface area (Å²) >= 11 is 1.54. The third-order valence-electron chi connectivity index (χ3n) is 4.95. The maximum absolute atomic E-state index is 10.8. The predicted octanol–water partition coefficient (Wildman–Crippen LogP) is 3.93. The van der Waals surface area contributed by atoms with Crippen LogP contribution in [-0.2, 0) is 17.0 Å². The second-order valence-corrected chi connectivity index (χ2v) is 7.85. The van der Waals surface area contributed by atoms with Gasteiger partial charge < -0.3 is 13.7 Å². The smallest absolute Gasteiger partial charge is 0.269 e. The number of nitro groups is 1. The fourth-order valence-corrected chi connectivity index (χ4v) is 4.16. The summed E-state index contributed by atoms with van der Waals surface area (Å²) in [5, 5.41) is 19.8. The normalized spacial score (nSPS) is 16.4. The highest BCUT2D eigenvalue weighted by molar-refractivity contribution is 7.98. The zero-order valence-corrected chi connectivity index (χ0v) is 17.0. The van der Waals surface area contributed by atoms with Crippen molar-refractivity contribution < 1.29 is 14.1 Å². The lowest BCUT2D eigenvalue weighted by molar-refractivity contribution is -0.384. The number of hydrogen-bond acceptors (Lipinski definition) is 8. The Balaban J connectivity index is 1.44. The molecular weight excluding hydrogens is 394 g/mol. The van der Waals surface area contributed by atoms with Crippen LogP contribution >= 0.6 is 11.8 Å². The number of nitrogens with zero attached hydrogens (tertiary/aromatic N) is 5. The van der Waals surface area contributed by atoms with E-state index in [0.717, 1.165) is 42.5 Å². The summed E-state index contributed by atoms with van der Waals surface area (Å²) in [5.41, 5.74) is 2.81. The molecule has 3 heterocycles. The number of aryl methyl sites for hydroxylation is 1. The first-order valence-corrected chi connectivity index (χ1v) is 10.3. The van der Waals surface area contributed by atoms with E-state index in [4.69, 9.17) is 9.15 Å². The molecule has 1 aromatic carbocycles. The molecule has 0 N–H and O–H groups in total. The molecule has 29 heavy (non-hydrogen) atoms. The van der Waals surface area contributed by atoms with Gasteiger partial charge in [0.15, 0.2) is 5.16 Å². The Morgan fingerprint density at radius 2 is 2.07 bits per heavy atom. The lowest BCUT2D eigenvalue weighted by atomic mass is 10.2. The summed E-state index contributed by atoms with van der Waals surface area (Å²) < 4.78 is 13.7. The van der Waals surface area contributed by atoms with Crippen molar-refractivity contribution in [2.45, 2.75) is 50.2 Å². The Morgan fingerprint density at radius 3 is 2.76 bits per heavy atom. The Hall–Kier alpha value is -2.72. The van der Waals surface area contributed by atoms with Gasteiger partial charge in [-0.2, -0.15) is 0 Å². The van der Waals surface area contributed by atoms with Gasteiger partial charge in [-0.1, -0.05) is 11.8 Å². The monoisotopic (exact) mass is 415 g/mol. The number of non-ortho nitro benzene ring substituents is 1. The summed E-state index contributed by atoms with van der Waals surface area (Å²) in [7, 11) is 0. The highest BCUT2D eigenvalue weighted by Crippen LogP contribution is 2.28. The maximum Gasteiger partial charge on any atom is 0.269 e. The third kappa shape index (κ3) is 4.33. The molecule has 10 heteroatoms. The Labute approximate surface area is 171 Å². The number of benzene rings is 1. The van der Waals surface area contributed by atoms with E-state index in [1.807, 2.05) is 6.92 Å². The average molecular weight is 415 g/mol. The molecule has 1 fully saturated rings. The molecule has 0 spiro atoms. The number of nitro benzene ring substituents is 1. The minimum Gasteiger partial charge on any atom is -0.420 e. The second kappa shape index (κ2) is 8.34. The number of rotatable bonds is 7. The minimum atomic E-state index is -0.442. The zero-order valence-electron chi connectivity index (χ0n) is 16.2. The van der Waals surface area contributed by atoms with Gasteiger partial charge in [0.1, 0.15) is 0 Å². The maximum atomic E-state index is 10.8. The van der Waals surface area contributed by atoms with Gasteiger partial charge in [0, 0.05) is 30.0 Å². The van der Waals surface area contributed by atoms with E-state index in [2.05, 4.69) is 26.7 Å². The van der Waals surface area contributed by atoms with Crippen LogP contribution in [0.2, 0.25) is 0 Å². The first-order chi connectivity index (χ1) is 14.0. The molecule has 1 aliphatic heterocycles. The number of aromatic nitrogens is 4. The molecule has 0 radical (unpaired) electrons. The van der Waals surface area contributed by atoms with Crippen molar-refractivity contribution in [3.63, 3.8) is 0 Å². The summed E-state index contributed by atoms with van der Waals surface area (Å²) in [6.45, 7) is 5.70. The predicted molar refractivity (Wildman–Crippen MR) is 107 cm³/mol. The fourth-order valence-electron chi connectivity index (χ4n) is 3.22. The van der Waals surface area contributed by atoms with Gasteiger partial charge in [-0.05, 0) is 38.8 Å². The van der Waals surface area contributed by atoms with Crippen molar-refractivity contribution in [1.82, 2.24) is 19.7 Å². The highest BCUT2D eigenvalue weighted by atomic mass is 32.2. The Kier molecular flexibility index (Phi) is 5.63. The van der Waals surface area contributed by atoms with Gasteiger partial charge in [-0.3, -0.25) is 10.1 Å². The summed E-state index contributed by atoms with van der Waals surface area (Å²) in [5.74, 6) is 1.30. The van der Waals surface area contributed by atoms with Crippen LogP contribution in [0, 0.1) is 24.0 Å². The van der Waals surface area contributed by atoms with Gasteiger partial charge >= 0.3 is 0 Å². The van der Waals surface area contributed by atoms with Crippen LogP contribution in [0.3, 0.4) is 0 Å². The lowest BCUT2D eigenvalue weighted by Crippen LogP contribution is -2.16. The van der Waals surface area contributed by atoms with Gasteiger partial charge in [-0.25, -0.2) is 4.98 Å². The molecule has 1 unspecified atom stereocenters. The molecule has 0 bridgehead atoms. The highest BCUT2D eigenvalue weighted by Gasteiger charge is 2.21. The second-order valence-electron chi connectivity index (χ2n) is 6.90. The van der Waals surface area contributed by atoms with E-state index in [9.17, 15) is 10.1 Å². The van der Waals surface area contributed by atoms with Crippen molar-refractivity contribution in [2.24, 2.45) is 0 Å². The summed E-state index contributed by atoms with van der Waals surface area (Å²) in [6, 6.07) is 6.04. The quantitative estimate of drug-likeness (QED) is 0.324. The van der Waals surface area contributed by atoms with Crippen molar-refractivity contribution >= 4 is 17.4 Å². The van der Waals surface area contributed by atoms with Crippen LogP contribution in [0.25, 0.3) is 11.5 Å². The molecule has 3 aromatic rings. The first kappa shape index (κ1) is 19.6. The van der Waals surface area contributed by atoms with Crippen molar-refractivity contribution in [1.29, 1.82) is 0 Å². The van der Waals surface area contributed by atoms with E-state index in [0.29, 0.717) is 23.1 Å². The molecule has 1 aliphatic rings. The largest absolute Gasteiger partial charge is 0.420 e. The molecule has 4 rings (SSSR count). The molecule has 1 atom stereocenters. The Bertz CT molecular complexity index is 1010. The number of thioether (sulfide) groups is 1. The number of ether oxygens (including phenoxy) is 1. The number of imidazole rings is 1. The average Bonchev–Trinajstić information content (AvgIpc) is 3.45. The molecule has 9 nitrogen and oxygen atoms in total. The van der Waals surface area contributed by atoms with Gasteiger partial charge in [0.25, 0.3) is 5.69 Å². The molecule has 2 aromatic heterocycles. The van der Waals surface area contributed by atoms with E-state index >= 15 is 0 Å². The molecule has 152 valence electrons. The van der Waals surface area contributed by atoms with Crippen LogP contribution in [0.5, 0.6) is 0 Å². The lowest BCUT2D eigenvalue weighted by Gasteiger charge is -2.14. The fraction of sp³-hybridized carbons (Fsp3) is 0.421. The summed E-state index contributed by atoms with van der Waals surface area (Å²) in [4.78, 5) is 15.0. The van der Waals surface area contributed by atoms with Crippen LogP contribution in [0.4, 0.5) is 5.69 Å². The van der Waals surface area contributed by atoms with Crippen LogP contribution in [-0.4, -0.2) is 37.4 Å². The topological polar surface area (TPSA) is 109 Å². The van der Waals surface area contributed by atoms with Gasteiger partial charge in [0.2, 0.25) is 11.8 Å². The zero-order chi connectivity index (χ0) is 20.4. The van der Waals surface area contributed by atoms with E-state index < -0.39 is 4.92 Å².